The Bertz CT molecular complexity index is 315. The molecule has 78 valence electrons. The molecule has 0 saturated heterocycles. The van der Waals surface area contributed by atoms with Crippen LogP contribution in [0.1, 0.15) is 12.5 Å². The van der Waals surface area contributed by atoms with E-state index in [-0.39, 0.29) is 12.2 Å². The molecule has 0 radical (unpaired) electrons. The quantitative estimate of drug-likeness (QED) is 0.874. The number of rotatable bonds is 3. The lowest BCUT2D eigenvalue weighted by atomic mass is 10.0. The SMILES string of the molecule is CC(O)C(O)Cc1cccc(F)c1Br. The summed E-state index contributed by atoms with van der Waals surface area (Å²) in [6.45, 7) is 1.50. The lowest BCUT2D eigenvalue weighted by molar-refractivity contribution is 0.0318. The smallest absolute Gasteiger partial charge is 0.137 e. The molecular formula is C10H12BrFO2. The summed E-state index contributed by atoms with van der Waals surface area (Å²) in [6.07, 6.45) is -1.45. The molecule has 0 heterocycles. The maximum atomic E-state index is 13.0. The predicted molar refractivity (Wildman–Crippen MR) is 55.5 cm³/mol. The molecule has 0 aliphatic carbocycles. The monoisotopic (exact) mass is 262 g/mol. The zero-order valence-electron chi connectivity index (χ0n) is 7.74. The van der Waals surface area contributed by atoms with Crippen molar-refractivity contribution in [3.8, 4) is 0 Å². The highest BCUT2D eigenvalue weighted by atomic mass is 79.9. The lowest BCUT2D eigenvalue weighted by Gasteiger charge is -2.14. The number of hydrogen-bond acceptors (Lipinski definition) is 2. The van der Waals surface area contributed by atoms with Gasteiger partial charge in [-0.15, -0.1) is 0 Å². The Morgan fingerprint density at radius 1 is 1.43 bits per heavy atom. The Hall–Kier alpha value is -0.450. The Kier molecular flexibility index (Phi) is 4.04. The molecule has 0 amide bonds. The number of halogens is 2. The largest absolute Gasteiger partial charge is 0.391 e. The van der Waals surface area contributed by atoms with E-state index in [1.807, 2.05) is 0 Å². The minimum Gasteiger partial charge on any atom is -0.391 e. The van der Waals surface area contributed by atoms with Crippen LogP contribution < -0.4 is 0 Å². The van der Waals surface area contributed by atoms with Crippen LogP contribution in [0.5, 0.6) is 0 Å². The Morgan fingerprint density at radius 3 is 2.64 bits per heavy atom. The van der Waals surface area contributed by atoms with E-state index in [1.54, 1.807) is 12.1 Å². The van der Waals surface area contributed by atoms with Crippen LogP contribution in [0.4, 0.5) is 4.39 Å². The van der Waals surface area contributed by atoms with E-state index >= 15 is 0 Å². The molecule has 0 spiro atoms. The fourth-order valence-electron chi connectivity index (χ4n) is 1.10. The Balaban J connectivity index is 2.82. The maximum absolute atomic E-state index is 13.0. The fraction of sp³-hybridized carbons (Fsp3) is 0.400. The molecule has 2 nitrogen and oxygen atoms in total. The second kappa shape index (κ2) is 4.87. The summed E-state index contributed by atoms with van der Waals surface area (Å²) in [5.41, 5.74) is 0.651. The van der Waals surface area contributed by atoms with Gasteiger partial charge >= 0.3 is 0 Å². The summed E-state index contributed by atoms with van der Waals surface area (Å²) in [7, 11) is 0. The summed E-state index contributed by atoms with van der Waals surface area (Å²) >= 11 is 3.09. The van der Waals surface area contributed by atoms with Gasteiger partial charge in [-0.3, -0.25) is 0 Å². The van der Waals surface area contributed by atoms with Crippen molar-refractivity contribution in [1.82, 2.24) is 0 Å². The molecule has 0 aromatic heterocycles. The average Bonchev–Trinajstić information content (AvgIpc) is 2.12. The van der Waals surface area contributed by atoms with Crippen LogP contribution in [0.3, 0.4) is 0 Å². The lowest BCUT2D eigenvalue weighted by Crippen LogP contribution is -2.24. The van der Waals surface area contributed by atoms with Crippen LogP contribution in [0, 0.1) is 5.82 Å². The molecule has 1 aromatic rings. The van der Waals surface area contributed by atoms with Crippen LogP contribution in [0.2, 0.25) is 0 Å². The van der Waals surface area contributed by atoms with Crippen molar-refractivity contribution in [3.63, 3.8) is 0 Å². The molecular weight excluding hydrogens is 251 g/mol. The van der Waals surface area contributed by atoms with Crippen molar-refractivity contribution in [2.75, 3.05) is 0 Å². The van der Waals surface area contributed by atoms with Crippen LogP contribution in [0.25, 0.3) is 0 Å². The summed E-state index contributed by atoms with van der Waals surface area (Å²) in [5, 5.41) is 18.5. The molecule has 2 N–H and O–H groups in total. The van der Waals surface area contributed by atoms with E-state index in [0.717, 1.165) is 0 Å². The van der Waals surface area contributed by atoms with E-state index in [0.29, 0.717) is 10.0 Å². The summed E-state index contributed by atoms with van der Waals surface area (Å²) in [5.74, 6) is -0.361. The third-order valence-corrected chi connectivity index (χ3v) is 2.91. The van der Waals surface area contributed by atoms with Gasteiger partial charge in [0.1, 0.15) is 5.82 Å². The molecule has 0 aliphatic heterocycles. The van der Waals surface area contributed by atoms with E-state index in [9.17, 15) is 9.50 Å². The second-order valence-corrected chi connectivity index (χ2v) is 4.02. The zero-order valence-corrected chi connectivity index (χ0v) is 9.33. The van der Waals surface area contributed by atoms with E-state index < -0.39 is 12.2 Å². The standard InChI is InChI=1S/C10H12BrFO2/c1-6(13)9(14)5-7-3-2-4-8(12)10(7)11/h2-4,6,9,13-14H,5H2,1H3. The van der Waals surface area contributed by atoms with Crippen LogP contribution in [-0.4, -0.2) is 22.4 Å². The minimum atomic E-state index is -0.868. The number of aliphatic hydroxyl groups is 2. The Morgan fingerprint density at radius 2 is 2.07 bits per heavy atom. The van der Waals surface area contributed by atoms with Crippen molar-refractivity contribution < 1.29 is 14.6 Å². The molecule has 1 rings (SSSR count). The predicted octanol–water partition coefficient (Wildman–Crippen LogP) is 1.87. The van der Waals surface area contributed by atoms with Gasteiger partial charge in [0.05, 0.1) is 16.7 Å². The highest BCUT2D eigenvalue weighted by molar-refractivity contribution is 9.10. The molecule has 1 aromatic carbocycles. The topological polar surface area (TPSA) is 40.5 Å². The molecule has 2 unspecified atom stereocenters. The highest BCUT2D eigenvalue weighted by Gasteiger charge is 2.14. The summed E-state index contributed by atoms with van der Waals surface area (Å²) in [4.78, 5) is 0. The Labute approximate surface area is 90.5 Å². The third kappa shape index (κ3) is 2.77. The van der Waals surface area contributed by atoms with Gasteiger partial charge in [0.15, 0.2) is 0 Å². The first-order valence-electron chi connectivity index (χ1n) is 4.31. The van der Waals surface area contributed by atoms with Crippen LogP contribution >= 0.6 is 15.9 Å². The molecule has 4 heteroatoms. The van der Waals surface area contributed by atoms with E-state index in [4.69, 9.17) is 5.11 Å². The number of benzene rings is 1. The zero-order chi connectivity index (χ0) is 10.7. The molecule has 14 heavy (non-hydrogen) atoms. The second-order valence-electron chi connectivity index (χ2n) is 3.23. The van der Waals surface area contributed by atoms with Crippen molar-refractivity contribution in [2.24, 2.45) is 0 Å². The summed E-state index contributed by atoms with van der Waals surface area (Å²) in [6, 6.07) is 4.62. The first-order chi connectivity index (χ1) is 6.52. The molecule has 0 aliphatic rings. The molecule has 0 bridgehead atoms. The van der Waals surface area contributed by atoms with Crippen molar-refractivity contribution in [2.45, 2.75) is 25.6 Å². The number of hydrogen-bond donors (Lipinski definition) is 2. The van der Waals surface area contributed by atoms with Crippen molar-refractivity contribution in [3.05, 3.63) is 34.1 Å². The summed E-state index contributed by atoms with van der Waals surface area (Å²) < 4.78 is 13.4. The van der Waals surface area contributed by atoms with Gasteiger partial charge in [-0.1, -0.05) is 12.1 Å². The van der Waals surface area contributed by atoms with Gasteiger partial charge in [-0.05, 0) is 34.5 Å². The fourth-order valence-corrected chi connectivity index (χ4v) is 1.53. The van der Waals surface area contributed by atoms with Gasteiger partial charge in [0, 0.05) is 6.42 Å². The molecule has 2 atom stereocenters. The first-order valence-corrected chi connectivity index (χ1v) is 5.10. The normalized spacial score (nSPS) is 15.2. The van der Waals surface area contributed by atoms with E-state index in [2.05, 4.69) is 15.9 Å². The third-order valence-electron chi connectivity index (χ3n) is 2.02. The van der Waals surface area contributed by atoms with E-state index in [1.165, 1.54) is 13.0 Å². The minimum absolute atomic E-state index is 0.232. The van der Waals surface area contributed by atoms with Gasteiger partial charge in [-0.2, -0.15) is 0 Å². The van der Waals surface area contributed by atoms with Crippen LogP contribution in [0.15, 0.2) is 22.7 Å². The average molecular weight is 263 g/mol. The maximum Gasteiger partial charge on any atom is 0.137 e. The van der Waals surface area contributed by atoms with Crippen molar-refractivity contribution in [1.29, 1.82) is 0 Å². The van der Waals surface area contributed by atoms with Gasteiger partial charge in [-0.25, -0.2) is 4.39 Å². The van der Waals surface area contributed by atoms with Gasteiger partial charge in [0.2, 0.25) is 0 Å². The van der Waals surface area contributed by atoms with Gasteiger partial charge < -0.3 is 10.2 Å². The molecule has 0 saturated carbocycles. The van der Waals surface area contributed by atoms with Gasteiger partial charge in [0.25, 0.3) is 0 Å². The highest BCUT2D eigenvalue weighted by Crippen LogP contribution is 2.22. The van der Waals surface area contributed by atoms with Crippen molar-refractivity contribution >= 4 is 15.9 Å². The first kappa shape index (κ1) is 11.6. The molecule has 0 fully saturated rings. The van der Waals surface area contributed by atoms with Crippen LogP contribution in [-0.2, 0) is 6.42 Å². The number of aliphatic hydroxyl groups excluding tert-OH is 2.